The van der Waals surface area contributed by atoms with Gasteiger partial charge in [0.05, 0.1) is 17.3 Å². The molecule has 0 saturated carbocycles. The topological polar surface area (TPSA) is 64.9 Å². The van der Waals surface area contributed by atoms with Crippen molar-refractivity contribution >= 4 is 29.0 Å². The van der Waals surface area contributed by atoms with Crippen LogP contribution in [0.1, 0.15) is 37.8 Å². The van der Waals surface area contributed by atoms with Gasteiger partial charge in [-0.1, -0.05) is 49.7 Å². The van der Waals surface area contributed by atoms with Gasteiger partial charge in [-0.25, -0.2) is 4.79 Å². The molecule has 4 nitrogen and oxygen atoms in total. The molecule has 5 heteroatoms. The van der Waals surface area contributed by atoms with E-state index in [2.05, 4.69) is 36.6 Å². The van der Waals surface area contributed by atoms with E-state index in [1.165, 1.54) is 0 Å². The molecule has 0 atom stereocenters. The maximum absolute atomic E-state index is 12.6. The Morgan fingerprint density at radius 2 is 1.78 bits per heavy atom. The molecule has 0 fully saturated rings. The van der Waals surface area contributed by atoms with Gasteiger partial charge in [-0.2, -0.15) is 5.26 Å². The summed E-state index contributed by atoms with van der Waals surface area (Å²) in [5.74, 6) is 0. The van der Waals surface area contributed by atoms with E-state index in [1.807, 2.05) is 18.2 Å². The molecule has 138 valence electrons. The van der Waals surface area contributed by atoms with Gasteiger partial charge in [0.1, 0.15) is 0 Å². The van der Waals surface area contributed by atoms with Gasteiger partial charge in [0.25, 0.3) is 0 Å². The van der Waals surface area contributed by atoms with Crippen LogP contribution in [-0.4, -0.2) is 6.03 Å². The minimum Gasteiger partial charge on any atom is -0.308 e. The van der Waals surface area contributed by atoms with Gasteiger partial charge >= 0.3 is 6.03 Å². The monoisotopic (exact) mass is 379 g/mol. The molecule has 0 radical (unpaired) electrons. The first-order valence-electron chi connectivity index (χ1n) is 9.09. The van der Waals surface area contributed by atoms with Crippen molar-refractivity contribution < 1.29 is 4.79 Å². The van der Waals surface area contributed by atoms with Crippen molar-refractivity contribution in [2.75, 3.05) is 5.32 Å². The molecule has 0 unspecified atom stereocenters. The number of fused-ring (bicyclic) bond motifs is 1. The molecule has 2 aromatic rings. The first kappa shape index (κ1) is 19.0. The fourth-order valence-electron chi connectivity index (χ4n) is 3.74. The number of nitrogens with zero attached hydrogens (tertiary/aromatic N) is 1. The van der Waals surface area contributed by atoms with Crippen LogP contribution in [-0.2, 0) is 6.42 Å². The molecular weight excluding hydrogens is 358 g/mol. The zero-order valence-corrected chi connectivity index (χ0v) is 16.2. The van der Waals surface area contributed by atoms with Gasteiger partial charge in [-0.3, -0.25) is 0 Å². The van der Waals surface area contributed by atoms with E-state index in [9.17, 15) is 10.1 Å². The lowest BCUT2D eigenvalue weighted by molar-refractivity contribution is 0.255. The summed E-state index contributed by atoms with van der Waals surface area (Å²) in [6, 6.07) is 16.9. The van der Waals surface area contributed by atoms with Gasteiger partial charge in [0, 0.05) is 21.7 Å². The summed E-state index contributed by atoms with van der Waals surface area (Å²) in [5.41, 5.74) is 3.70. The van der Waals surface area contributed by atoms with E-state index in [0.29, 0.717) is 22.0 Å². The summed E-state index contributed by atoms with van der Waals surface area (Å²) in [6.45, 7) is 4.19. The van der Waals surface area contributed by atoms with Crippen molar-refractivity contribution in [2.24, 2.45) is 5.41 Å². The Kier molecular flexibility index (Phi) is 5.53. The van der Waals surface area contributed by atoms with Crippen molar-refractivity contribution in [3.05, 3.63) is 70.3 Å². The lowest BCUT2D eigenvalue weighted by atomic mass is 9.66. The molecule has 2 amide bonds. The molecule has 0 aliphatic heterocycles. The number of urea groups is 1. The van der Waals surface area contributed by atoms with Crippen LogP contribution in [0.2, 0.25) is 5.02 Å². The smallest absolute Gasteiger partial charge is 0.308 e. The van der Waals surface area contributed by atoms with Gasteiger partial charge in [0.2, 0.25) is 0 Å². The van der Waals surface area contributed by atoms with E-state index < -0.39 is 0 Å². The summed E-state index contributed by atoms with van der Waals surface area (Å²) < 4.78 is 0. The maximum atomic E-state index is 12.6. The number of hydrogen-bond donors (Lipinski definition) is 2. The number of carbonyl (C=O) groups excluding carboxylic acids is 1. The molecule has 0 spiro atoms. The molecule has 2 N–H and O–H groups in total. The van der Waals surface area contributed by atoms with Crippen molar-refractivity contribution in [1.29, 1.82) is 5.26 Å². The van der Waals surface area contributed by atoms with E-state index in [1.54, 1.807) is 24.3 Å². The molecule has 0 aromatic heterocycles. The number of nitriles is 1. The summed E-state index contributed by atoms with van der Waals surface area (Å²) in [5, 5.41) is 16.3. The number of halogens is 1. The highest BCUT2D eigenvalue weighted by Gasteiger charge is 2.39. The lowest BCUT2D eigenvalue weighted by Crippen LogP contribution is -2.36. The van der Waals surface area contributed by atoms with E-state index >= 15 is 0 Å². The summed E-state index contributed by atoms with van der Waals surface area (Å²) in [7, 11) is 0. The van der Waals surface area contributed by atoms with Gasteiger partial charge in [0.15, 0.2) is 0 Å². The van der Waals surface area contributed by atoms with Crippen LogP contribution in [0, 0.1) is 16.7 Å². The minimum absolute atomic E-state index is 0.258. The number of carbonyl (C=O) groups is 1. The summed E-state index contributed by atoms with van der Waals surface area (Å²) >= 11 is 5.89. The molecule has 2 aromatic carbocycles. The molecule has 1 aliphatic carbocycles. The second-order valence-electron chi connectivity index (χ2n) is 6.77. The van der Waals surface area contributed by atoms with Gasteiger partial charge < -0.3 is 10.6 Å². The average molecular weight is 380 g/mol. The number of benzene rings is 2. The highest BCUT2D eigenvalue weighted by atomic mass is 35.5. The number of allylic oxidation sites excluding steroid dienone is 1. The zero-order valence-electron chi connectivity index (χ0n) is 15.5. The standard InChI is InChI=1S/C22H22ClN3O/c1-3-22(4-2)13-15-7-5-6-8-18(15)20(19(22)14-24)26-21(27)25-17-11-9-16(23)10-12-17/h5-12H,3-4,13H2,1-2H3,(H2,25,26,27). The van der Waals surface area contributed by atoms with E-state index in [4.69, 9.17) is 11.6 Å². The predicted octanol–water partition coefficient (Wildman–Crippen LogP) is 5.76. The van der Waals surface area contributed by atoms with Gasteiger partial charge in [-0.05, 0) is 49.1 Å². The van der Waals surface area contributed by atoms with Crippen molar-refractivity contribution in [3.8, 4) is 6.07 Å². The Labute approximate surface area is 164 Å². The number of hydrogen-bond acceptors (Lipinski definition) is 2. The Morgan fingerprint density at radius 3 is 2.41 bits per heavy atom. The van der Waals surface area contributed by atoms with Crippen molar-refractivity contribution in [3.63, 3.8) is 0 Å². The van der Waals surface area contributed by atoms with Crippen molar-refractivity contribution in [2.45, 2.75) is 33.1 Å². The molecule has 0 heterocycles. The Balaban J connectivity index is 1.98. The van der Waals surface area contributed by atoms with Crippen LogP contribution in [0.5, 0.6) is 0 Å². The highest BCUT2D eigenvalue weighted by molar-refractivity contribution is 6.30. The Hall–Kier alpha value is -2.77. The van der Waals surface area contributed by atoms with E-state index in [0.717, 1.165) is 30.4 Å². The van der Waals surface area contributed by atoms with Crippen LogP contribution in [0.4, 0.5) is 10.5 Å². The van der Waals surface area contributed by atoms with Crippen LogP contribution in [0.25, 0.3) is 5.70 Å². The first-order chi connectivity index (χ1) is 13.0. The lowest BCUT2D eigenvalue weighted by Gasteiger charge is -2.38. The normalized spacial score (nSPS) is 14.9. The van der Waals surface area contributed by atoms with Gasteiger partial charge in [-0.15, -0.1) is 0 Å². The predicted molar refractivity (Wildman–Crippen MR) is 109 cm³/mol. The third kappa shape index (κ3) is 3.70. The molecule has 3 rings (SSSR count). The third-order valence-electron chi connectivity index (χ3n) is 5.40. The highest BCUT2D eigenvalue weighted by Crippen LogP contribution is 2.46. The number of rotatable bonds is 4. The number of anilines is 1. The zero-order chi connectivity index (χ0) is 19.4. The van der Waals surface area contributed by atoms with Crippen LogP contribution in [0.3, 0.4) is 0 Å². The summed E-state index contributed by atoms with van der Waals surface area (Å²) in [6.07, 6.45) is 2.48. The Morgan fingerprint density at radius 1 is 1.11 bits per heavy atom. The van der Waals surface area contributed by atoms with Crippen LogP contribution < -0.4 is 10.6 Å². The quantitative estimate of drug-likeness (QED) is 0.709. The largest absolute Gasteiger partial charge is 0.323 e. The average Bonchev–Trinajstić information content (AvgIpc) is 2.69. The van der Waals surface area contributed by atoms with E-state index in [-0.39, 0.29) is 11.4 Å². The van der Waals surface area contributed by atoms with Crippen LogP contribution in [0.15, 0.2) is 54.1 Å². The fourth-order valence-corrected chi connectivity index (χ4v) is 3.86. The molecule has 27 heavy (non-hydrogen) atoms. The second kappa shape index (κ2) is 7.85. The molecule has 1 aliphatic rings. The summed E-state index contributed by atoms with van der Waals surface area (Å²) in [4.78, 5) is 12.6. The second-order valence-corrected chi connectivity index (χ2v) is 7.21. The van der Waals surface area contributed by atoms with Crippen molar-refractivity contribution in [1.82, 2.24) is 5.32 Å². The first-order valence-corrected chi connectivity index (χ1v) is 9.47. The minimum atomic E-state index is -0.377. The molecule has 0 saturated heterocycles. The maximum Gasteiger partial charge on any atom is 0.323 e. The molecular formula is C22H22ClN3O. The molecule has 0 bridgehead atoms. The number of amides is 2. The Bertz CT molecular complexity index is 921. The van der Waals surface area contributed by atoms with Crippen LogP contribution >= 0.6 is 11.6 Å². The third-order valence-corrected chi connectivity index (χ3v) is 5.65. The fraction of sp³-hybridized carbons (Fsp3) is 0.273. The number of nitrogens with one attached hydrogen (secondary N) is 2. The SMILES string of the molecule is CCC1(CC)Cc2ccccc2C(NC(=O)Nc2ccc(Cl)cc2)=C1C#N.